The van der Waals surface area contributed by atoms with Gasteiger partial charge in [-0.2, -0.15) is 0 Å². The second kappa shape index (κ2) is 14.5. The Kier molecular flexibility index (Phi) is 10.9. The van der Waals surface area contributed by atoms with Gasteiger partial charge in [-0.3, -0.25) is 4.99 Å². The molecule has 0 aliphatic heterocycles. The molecule has 0 bridgehead atoms. The molecule has 1 N–H and O–H groups in total. The van der Waals surface area contributed by atoms with Gasteiger partial charge in [0.2, 0.25) is 0 Å². The van der Waals surface area contributed by atoms with Crippen molar-refractivity contribution in [1.82, 2.24) is 4.90 Å². The molecule has 0 unspecified atom stereocenters. The van der Waals surface area contributed by atoms with E-state index in [1.807, 2.05) is 44.1 Å². The first-order valence-corrected chi connectivity index (χ1v) is 13.2. The van der Waals surface area contributed by atoms with Gasteiger partial charge in [0, 0.05) is 26.0 Å². The van der Waals surface area contributed by atoms with E-state index >= 15 is 0 Å². The van der Waals surface area contributed by atoms with E-state index in [0.29, 0.717) is 58.2 Å². The van der Waals surface area contributed by atoms with Crippen LogP contribution < -0.4 is 14.2 Å². The van der Waals surface area contributed by atoms with Gasteiger partial charge in [0.15, 0.2) is 0 Å². The van der Waals surface area contributed by atoms with Crippen molar-refractivity contribution in [3.63, 3.8) is 0 Å². The van der Waals surface area contributed by atoms with Crippen LogP contribution in [0, 0.1) is 20.8 Å². The Hall–Kier alpha value is -4.85. The van der Waals surface area contributed by atoms with E-state index in [1.165, 1.54) is 24.3 Å². The minimum absolute atomic E-state index is 0.0611. The smallest absolute Gasteiger partial charge is 0.343 e. The number of phenols is 1. The quantitative estimate of drug-likeness (QED) is 0.0983. The number of allylic oxidation sites excluding steroid dienone is 3. The first-order valence-electron chi connectivity index (χ1n) is 13.2. The molecular weight excluding hydrogens is 520 g/mol. The lowest BCUT2D eigenvalue weighted by Crippen LogP contribution is -2.13. The topological polar surface area (TPSA) is 97.7 Å². The summed E-state index contributed by atoms with van der Waals surface area (Å²) in [5.41, 5.74) is 3.74. The predicted molar refractivity (Wildman–Crippen MR) is 161 cm³/mol. The monoisotopic (exact) mass is 556 g/mol. The summed E-state index contributed by atoms with van der Waals surface area (Å²) in [6.45, 7) is 8.24. The number of hydrogen-bond acceptors (Lipinski definition) is 8. The molecule has 3 aromatic rings. The van der Waals surface area contributed by atoms with Crippen molar-refractivity contribution >= 4 is 18.2 Å². The molecular formula is C33H36N2O6. The standard InChI is InChI=1S/C33H36N2O6/c1-7-8-27(35(5)6)17-18-34-19-20-39-29-15-11-26(12-16-29)33(38)41-31-22(2)21-30(23(3)24(31)4)40-32(37)25-9-13-28(36)14-10-25/h7-18,21,36H,19-20H2,1-6H3/b8-7-,27-17+,34-18?. The second-order valence-electron chi connectivity index (χ2n) is 9.51. The number of carbonyl (C=O) groups excluding carboxylic acids is 2. The highest BCUT2D eigenvalue weighted by molar-refractivity contribution is 5.92. The number of aromatic hydroxyl groups is 1. The van der Waals surface area contributed by atoms with Gasteiger partial charge < -0.3 is 24.2 Å². The number of carbonyl (C=O) groups is 2. The Balaban J connectivity index is 1.59. The molecule has 3 rings (SSSR count). The highest BCUT2D eigenvalue weighted by Crippen LogP contribution is 2.34. The van der Waals surface area contributed by atoms with Crippen molar-refractivity contribution in [3.8, 4) is 23.0 Å². The minimum atomic E-state index is -0.551. The fraction of sp³-hybridized carbons (Fsp3) is 0.242. The van der Waals surface area contributed by atoms with E-state index in [9.17, 15) is 14.7 Å². The average Bonchev–Trinajstić information content (AvgIpc) is 2.95. The number of ether oxygens (including phenoxy) is 3. The number of benzene rings is 3. The van der Waals surface area contributed by atoms with E-state index < -0.39 is 11.9 Å². The molecule has 0 aromatic heterocycles. The van der Waals surface area contributed by atoms with Crippen LogP contribution in [0.5, 0.6) is 23.0 Å². The summed E-state index contributed by atoms with van der Waals surface area (Å²) in [4.78, 5) is 31.8. The molecule has 3 aromatic carbocycles. The van der Waals surface area contributed by atoms with Crippen molar-refractivity contribution in [2.75, 3.05) is 27.2 Å². The molecule has 0 spiro atoms. The maximum Gasteiger partial charge on any atom is 0.343 e. The van der Waals surface area contributed by atoms with Gasteiger partial charge in [-0.25, -0.2) is 9.59 Å². The van der Waals surface area contributed by atoms with Gasteiger partial charge in [0.1, 0.15) is 29.6 Å². The fourth-order valence-electron chi connectivity index (χ4n) is 3.82. The number of aliphatic imine (C=N–C) groups is 1. The third kappa shape index (κ3) is 8.57. The van der Waals surface area contributed by atoms with Crippen LogP contribution in [0.4, 0.5) is 0 Å². The molecule has 0 fully saturated rings. The lowest BCUT2D eigenvalue weighted by Gasteiger charge is -2.16. The van der Waals surface area contributed by atoms with Crippen LogP contribution in [0.2, 0.25) is 0 Å². The highest BCUT2D eigenvalue weighted by atomic mass is 16.5. The third-order valence-corrected chi connectivity index (χ3v) is 6.26. The van der Waals surface area contributed by atoms with E-state index in [4.69, 9.17) is 14.2 Å². The van der Waals surface area contributed by atoms with Gasteiger partial charge in [0.05, 0.1) is 17.7 Å². The van der Waals surface area contributed by atoms with Crippen molar-refractivity contribution in [2.45, 2.75) is 27.7 Å². The van der Waals surface area contributed by atoms with Gasteiger partial charge in [-0.1, -0.05) is 6.08 Å². The zero-order valence-electron chi connectivity index (χ0n) is 24.3. The summed E-state index contributed by atoms with van der Waals surface area (Å²) in [6.07, 6.45) is 7.67. The molecule has 0 aliphatic rings. The number of hydrogen-bond donors (Lipinski definition) is 1. The Morgan fingerprint density at radius 2 is 1.51 bits per heavy atom. The molecule has 0 radical (unpaired) electrons. The second-order valence-corrected chi connectivity index (χ2v) is 9.51. The maximum absolute atomic E-state index is 12.9. The summed E-state index contributed by atoms with van der Waals surface area (Å²) in [5.74, 6) is 0.409. The molecule has 0 heterocycles. The van der Waals surface area contributed by atoms with Gasteiger partial charge in [0.25, 0.3) is 0 Å². The third-order valence-electron chi connectivity index (χ3n) is 6.26. The van der Waals surface area contributed by atoms with Crippen molar-refractivity contribution in [1.29, 1.82) is 0 Å². The molecule has 8 nitrogen and oxygen atoms in total. The van der Waals surface area contributed by atoms with E-state index in [-0.39, 0.29) is 5.75 Å². The first kappa shape index (κ1) is 30.7. The predicted octanol–water partition coefficient (Wildman–Crippen LogP) is 6.23. The molecule has 41 heavy (non-hydrogen) atoms. The van der Waals surface area contributed by atoms with Crippen LogP contribution in [0.3, 0.4) is 0 Å². The summed E-state index contributed by atoms with van der Waals surface area (Å²) < 4.78 is 17.1. The lowest BCUT2D eigenvalue weighted by molar-refractivity contribution is 0.0716. The van der Waals surface area contributed by atoms with Gasteiger partial charge in [-0.15, -0.1) is 0 Å². The number of likely N-dealkylation sites (N-methyl/N-ethyl adjacent to an activating group) is 1. The fourth-order valence-corrected chi connectivity index (χ4v) is 3.82. The molecule has 0 saturated heterocycles. The molecule has 214 valence electrons. The molecule has 0 atom stereocenters. The maximum atomic E-state index is 12.9. The number of rotatable bonds is 11. The largest absolute Gasteiger partial charge is 0.508 e. The Morgan fingerprint density at radius 3 is 2.12 bits per heavy atom. The Labute approximate surface area is 241 Å². The Morgan fingerprint density at radius 1 is 0.902 bits per heavy atom. The number of nitrogens with zero attached hydrogens (tertiary/aromatic N) is 2. The molecule has 8 heteroatoms. The van der Waals surface area contributed by atoms with E-state index in [1.54, 1.807) is 57.3 Å². The normalized spacial score (nSPS) is 11.6. The Bertz CT molecular complexity index is 1450. The summed E-state index contributed by atoms with van der Waals surface area (Å²) >= 11 is 0. The average molecular weight is 557 g/mol. The lowest BCUT2D eigenvalue weighted by atomic mass is 10.0. The minimum Gasteiger partial charge on any atom is -0.508 e. The number of aryl methyl sites for hydroxylation is 1. The number of phenolic OH excluding ortho intramolecular Hbond substituents is 1. The van der Waals surface area contributed by atoms with Crippen LogP contribution in [0.1, 0.15) is 44.3 Å². The van der Waals surface area contributed by atoms with E-state index in [2.05, 4.69) is 4.99 Å². The first-order chi connectivity index (χ1) is 19.6. The molecule has 0 amide bonds. The van der Waals surface area contributed by atoms with E-state index in [0.717, 1.165) is 5.70 Å². The molecule has 0 aliphatic carbocycles. The SMILES string of the molecule is C/C=C\C(=C/C=NCCOc1ccc(C(=O)Oc2c(C)cc(OC(=O)c3ccc(O)cc3)c(C)c2C)cc1)N(C)C. The van der Waals surface area contributed by atoms with Crippen LogP contribution >= 0.6 is 0 Å². The van der Waals surface area contributed by atoms with Crippen LogP contribution in [-0.2, 0) is 0 Å². The summed E-state index contributed by atoms with van der Waals surface area (Å²) in [7, 11) is 3.95. The van der Waals surface area contributed by atoms with Crippen molar-refractivity contribution in [2.24, 2.45) is 4.99 Å². The zero-order chi connectivity index (χ0) is 29.9. The highest BCUT2D eigenvalue weighted by Gasteiger charge is 2.19. The van der Waals surface area contributed by atoms with Crippen LogP contribution in [-0.4, -0.2) is 55.4 Å². The molecule has 0 saturated carbocycles. The zero-order valence-corrected chi connectivity index (χ0v) is 24.3. The summed E-state index contributed by atoms with van der Waals surface area (Å²) in [5, 5.41) is 9.44. The van der Waals surface area contributed by atoms with Gasteiger partial charge >= 0.3 is 11.9 Å². The van der Waals surface area contributed by atoms with Crippen molar-refractivity contribution < 1.29 is 28.9 Å². The van der Waals surface area contributed by atoms with Crippen LogP contribution in [0.15, 0.2) is 83.5 Å². The summed E-state index contributed by atoms with van der Waals surface area (Å²) in [6, 6.07) is 14.2. The van der Waals surface area contributed by atoms with Crippen LogP contribution in [0.25, 0.3) is 0 Å². The van der Waals surface area contributed by atoms with Gasteiger partial charge in [-0.05, 0) is 111 Å². The van der Waals surface area contributed by atoms with Crippen molar-refractivity contribution in [3.05, 3.63) is 106 Å². The number of esters is 2.